The molecule has 1 nitrogen and oxygen atoms in total. The van der Waals surface area contributed by atoms with Crippen molar-refractivity contribution in [3.8, 4) is 0 Å². The van der Waals surface area contributed by atoms with Crippen LogP contribution in [0.3, 0.4) is 0 Å². The van der Waals surface area contributed by atoms with E-state index < -0.39 is 0 Å². The average molecular weight is 168 g/mol. The van der Waals surface area contributed by atoms with Crippen LogP contribution in [0.15, 0.2) is 0 Å². The van der Waals surface area contributed by atoms with Crippen molar-refractivity contribution < 1.29 is 0 Å². The van der Waals surface area contributed by atoms with Crippen molar-refractivity contribution >= 4 is 19.3 Å². The van der Waals surface area contributed by atoms with Crippen LogP contribution in [-0.4, -0.2) is 16.8 Å². The van der Waals surface area contributed by atoms with Gasteiger partial charge in [-0.3, -0.25) is 4.67 Å². The molecule has 0 N–H and O–H groups in total. The summed E-state index contributed by atoms with van der Waals surface area (Å²) >= 11 is 5.71. The minimum absolute atomic E-state index is 0.415. The second-order valence-corrected chi connectivity index (χ2v) is 3.87. The fourth-order valence-electron chi connectivity index (χ4n) is 0.791. The second kappa shape index (κ2) is 4.49. The average Bonchev–Trinajstić information content (AvgIpc) is 1.64. The van der Waals surface area contributed by atoms with Gasteiger partial charge in [-0.1, -0.05) is 11.2 Å². The lowest BCUT2D eigenvalue weighted by molar-refractivity contribution is 0.332. The lowest BCUT2D eigenvalue weighted by Gasteiger charge is -2.26. The molecule has 0 rings (SSSR count). The minimum Gasteiger partial charge on any atom is -0.267 e. The highest BCUT2D eigenvalue weighted by molar-refractivity contribution is 7.66. The highest BCUT2D eigenvalue weighted by Gasteiger charge is 2.10. The fourth-order valence-corrected chi connectivity index (χ4v) is 2.35. The van der Waals surface area contributed by atoms with E-state index in [-0.39, 0.29) is 0 Å². The van der Waals surface area contributed by atoms with Gasteiger partial charge in [-0.05, 0) is 27.7 Å². The first-order chi connectivity index (χ1) is 4.09. The highest BCUT2D eigenvalue weighted by Crippen LogP contribution is 2.27. The highest BCUT2D eigenvalue weighted by atomic mass is 35.7. The summed E-state index contributed by atoms with van der Waals surface area (Å²) in [5.74, 6) is 0. The SMILES string of the molecule is CC(C)N(PCl)C(C)C. The Morgan fingerprint density at radius 3 is 1.44 bits per heavy atom. The van der Waals surface area contributed by atoms with Gasteiger partial charge in [-0.25, -0.2) is 0 Å². The lowest BCUT2D eigenvalue weighted by atomic mass is 10.3. The summed E-state index contributed by atoms with van der Waals surface area (Å²) in [7, 11) is 0.415. The summed E-state index contributed by atoms with van der Waals surface area (Å²) in [5, 5.41) is 0. The Balaban J connectivity index is 3.68. The van der Waals surface area contributed by atoms with Crippen molar-refractivity contribution in [3.05, 3.63) is 0 Å². The van der Waals surface area contributed by atoms with E-state index in [9.17, 15) is 0 Å². The monoisotopic (exact) mass is 167 g/mol. The molecule has 0 fully saturated rings. The van der Waals surface area contributed by atoms with Gasteiger partial charge in [0.15, 0.2) is 0 Å². The molecule has 0 spiro atoms. The molecule has 9 heavy (non-hydrogen) atoms. The topological polar surface area (TPSA) is 3.24 Å². The predicted octanol–water partition coefficient (Wildman–Crippen LogP) is 2.85. The first-order valence-electron chi connectivity index (χ1n) is 3.24. The van der Waals surface area contributed by atoms with Crippen LogP contribution >= 0.6 is 19.3 Å². The van der Waals surface area contributed by atoms with Crippen LogP contribution in [0.4, 0.5) is 0 Å². The molecule has 0 aromatic rings. The van der Waals surface area contributed by atoms with Crippen molar-refractivity contribution in [2.24, 2.45) is 0 Å². The Bertz CT molecular complexity index is 67.5. The molecule has 0 aromatic carbocycles. The maximum atomic E-state index is 5.71. The van der Waals surface area contributed by atoms with E-state index in [1.54, 1.807) is 0 Å². The molecule has 0 saturated heterocycles. The molecule has 0 aliphatic heterocycles. The van der Waals surface area contributed by atoms with E-state index in [0.717, 1.165) is 0 Å². The Labute approximate surface area is 64.4 Å². The smallest absolute Gasteiger partial charge is 0.0483 e. The van der Waals surface area contributed by atoms with Crippen molar-refractivity contribution in [1.29, 1.82) is 0 Å². The summed E-state index contributed by atoms with van der Waals surface area (Å²) in [4.78, 5) is 0. The number of rotatable bonds is 3. The summed E-state index contributed by atoms with van der Waals surface area (Å²) < 4.78 is 2.25. The van der Waals surface area contributed by atoms with Gasteiger partial charge >= 0.3 is 0 Å². The van der Waals surface area contributed by atoms with Crippen LogP contribution in [0.2, 0.25) is 0 Å². The molecule has 1 atom stereocenters. The Morgan fingerprint density at radius 2 is 1.44 bits per heavy atom. The third kappa shape index (κ3) is 3.40. The third-order valence-corrected chi connectivity index (χ3v) is 3.02. The molecule has 0 bridgehead atoms. The molecular weight excluding hydrogens is 152 g/mol. The standard InChI is InChI=1S/C6H15ClNP/c1-5(2)8(9-7)6(3)4/h5-6,9H,1-4H3. The minimum atomic E-state index is 0.415. The van der Waals surface area contributed by atoms with E-state index in [2.05, 4.69) is 32.4 Å². The van der Waals surface area contributed by atoms with Gasteiger partial charge in [0.05, 0.1) is 0 Å². The molecule has 0 aliphatic rings. The number of halogens is 1. The molecule has 3 heteroatoms. The van der Waals surface area contributed by atoms with E-state index in [4.69, 9.17) is 11.2 Å². The zero-order valence-electron chi connectivity index (χ0n) is 6.48. The van der Waals surface area contributed by atoms with E-state index in [1.165, 1.54) is 0 Å². The van der Waals surface area contributed by atoms with E-state index >= 15 is 0 Å². The molecule has 0 heterocycles. The Hall–Kier alpha value is 0.680. The van der Waals surface area contributed by atoms with Gasteiger partial charge in [-0.2, -0.15) is 0 Å². The maximum absolute atomic E-state index is 5.71. The molecule has 1 unspecified atom stereocenters. The second-order valence-electron chi connectivity index (χ2n) is 2.68. The van der Waals surface area contributed by atoms with Crippen molar-refractivity contribution in [3.63, 3.8) is 0 Å². The Kier molecular flexibility index (Phi) is 4.83. The molecule has 0 radical (unpaired) electrons. The van der Waals surface area contributed by atoms with Crippen LogP contribution < -0.4 is 0 Å². The first kappa shape index (κ1) is 9.68. The van der Waals surface area contributed by atoms with Crippen LogP contribution in [-0.2, 0) is 0 Å². The molecule has 0 aliphatic carbocycles. The molecular formula is C6H15ClNP. The fraction of sp³-hybridized carbons (Fsp3) is 1.00. The number of hydrogen-bond acceptors (Lipinski definition) is 1. The van der Waals surface area contributed by atoms with Crippen molar-refractivity contribution in [2.45, 2.75) is 39.8 Å². The Morgan fingerprint density at radius 1 is 1.11 bits per heavy atom. The largest absolute Gasteiger partial charge is 0.267 e. The summed E-state index contributed by atoms with van der Waals surface area (Å²) in [6, 6.07) is 1.14. The van der Waals surface area contributed by atoms with Gasteiger partial charge in [0.2, 0.25) is 0 Å². The third-order valence-electron chi connectivity index (χ3n) is 1.21. The van der Waals surface area contributed by atoms with Crippen molar-refractivity contribution in [2.75, 3.05) is 0 Å². The van der Waals surface area contributed by atoms with Gasteiger partial charge in [-0.15, -0.1) is 0 Å². The number of nitrogens with zero attached hydrogens (tertiary/aromatic N) is 1. The molecule has 0 aromatic heterocycles. The zero-order valence-corrected chi connectivity index (χ0v) is 8.24. The van der Waals surface area contributed by atoms with Gasteiger partial charge in [0.1, 0.15) is 0 Å². The lowest BCUT2D eigenvalue weighted by Crippen LogP contribution is -2.28. The summed E-state index contributed by atoms with van der Waals surface area (Å²) in [5.41, 5.74) is 0. The van der Waals surface area contributed by atoms with Crippen LogP contribution in [0, 0.1) is 0 Å². The summed E-state index contributed by atoms with van der Waals surface area (Å²) in [6.45, 7) is 8.65. The van der Waals surface area contributed by atoms with E-state index in [0.29, 0.717) is 20.2 Å². The zero-order chi connectivity index (χ0) is 7.44. The normalized spacial score (nSPS) is 13.3. The predicted molar refractivity (Wildman–Crippen MR) is 46.3 cm³/mol. The van der Waals surface area contributed by atoms with E-state index in [1.807, 2.05) is 0 Å². The van der Waals surface area contributed by atoms with Crippen LogP contribution in [0.5, 0.6) is 0 Å². The molecule has 0 saturated carbocycles. The van der Waals surface area contributed by atoms with Crippen LogP contribution in [0.25, 0.3) is 0 Å². The molecule has 56 valence electrons. The van der Waals surface area contributed by atoms with Crippen molar-refractivity contribution in [1.82, 2.24) is 4.67 Å². The first-order valence-corrected chi connectivity index (χ1v) is 5.20. The quantitative estimate of drug-likeness (QED) is 0.585. The maximum Gasteiger partial charge on any atom is 0.0483 e. The van der Waals surface area contributed by atoms with Gasteiger partial charge < -0.3 is 0 Å². The van der Waals surface area contributed by atoms with Gasteiger partial charge in [0, 0.05) is 20.2 Å². The number of hydrogen-bond donors (Lipinski definition) is 0. The van der Waals surface area contributed by atoms with Crippen LogP contribution in [0.1, 0.15) is 27.7 Å². The molecule has 0 amide bonds. The summed E-state index contributed by atoms with van der Waals surface area (Å²) in [6.07, 6.45) is 0. The van der Waals surface area contributed by atoms with Gasteiger partial charge in [0.25, 0.3) is 0 Å².